The number of nitrogens with one attached hydrogen (secondary N) is 1. The number of fused-ring (bicyclic) bond motifs is 1. The summed E-state index contributed by atoms with van der Waals surface area (Å²) in [7, 11) is 0. The van der Waals surface area contributed by atoms with E-state index in [1.807, 2.05) is 44.2 Å². The monoisotopic (exact) mass is 357 g/mol. The first kappa shape index (κ1) is 17.2. The second kappa shape index (κ2) is 6.80. The number of halogens is 1. The maximum absolute atomic E-state index is 13.2. The van der Waals surface area contributed by atoms with Gasteiger partial charge in [-0.15, -0.1) is 0 Å². The molecule has 0 amide bonds. The Labute approximate surface area is 153 Å². The van der Waals surface area contributed by atoms with Crippen molar-refractivity contribution in [1.29, 1.82) is 0 Å². The van der Waals surface area contributed by atoms with Crippen LogP contribution in [0.25, 0.3) is 0 Å². The molecule has 2 aromatic carbocycles. The van der Waals surface area contributed by atoms with Gasteiger partial charge in [-0.3, -0.25) is 0 Å². The zero-order valence-electron chi connectivity index (χ0n) is 15.1. The van der Waals surface area contributed by atoms with Gasteiger partial charge in [-0.25, -0.2) is 4.39 Å². The van der Waals surface area contributed by atoms with E-state index in [1.54, 1.807) is 0 Å². The van der Waals surface area contributed by atoms with Crippen LogP contribution in [0.1, 0.15) is 31.7 Å². The van der Waals surface area contributed by atoms with Gasteiger partial charge in [0, 0.05) is 32.4 Å². The van der Waals surface area contributed by atoms with Gasteiger partial charge in [0.15, 0.2) is 11.5 Å². The fourth-order valence-corrected chi connectivity index (χ4v) is 3.74. The van der Waals surface area contributed by atoms with Gasteiger partial charge in [0.25, 0.3) is 0 Å². The SMILES string of the molecule is CC1(C)Oc2ccc(OC[C@@H]3CNCC[C@H]3c3ccc(F)cc3)cc2O1. The summed E-state index contributed by atoms with van der Waals surface area (Å²) in [6, 6.07) is 12.5. The summed E-state index contributed by atoms with van der Waals surface area (Å²) < 4.78 is 30.8. The van der Waals surface area contributed by atoms with E-state index in [2.05, 4.69) is 5.32 Å². The summed E-state index contributed by atoms with van der Waals surface area (Å²) in [6.45, 7) is 6.22. The van der Waals surface area contributed by atoms with E-state index in [9.17, 15) is 4.39 Å². The second-order valence-corrected chi connectivity index (χ2v) is 7.43. The van der Waals surface area contributed by atoms with E-state index < -0.39 is 5.79 Å². The quantitative estimate of drug-likeness (QED) is 0.894. The molecule has 1 saturated heterocycles. The molecule has 0 aromatic heterocycles. The number of hydrogen-bond acceptors (Lipinski definition) is 4. The Hall–Kier alpha value is -2.27. The van der Waals surface area contributed by atoms with Crippen molar-refractivity contribution in [2.75, 3.05) is 19.7 Å². The summed E-state index contributed by atoms with van der Waals surface area (Å²) in [5.41, 5.74) is 1.17. The first-order valence-electron chi connectivity index (χ1n) is 9.11. The van der Waals surface area contributed by atoms with Crippen LogP contribution in [-0.4, -0.2) is 25.5 Å². The minimum atomic E-state index is -0.637. The van der Waals surface area contributed by atoms with Crippen molar-refractivity contribution < 1.29 is 18.6 Å². The molecule has 2 atom stereocenters. The van der Waals surface area contributed by atoms with Gasteiger partial charge in [0.1, 0.15) is 11.6 Å². The van der Waals surface area contributed by atoms with Gasteiger partial charge in [0.05, 0.1) is 6.61 Å². The number of hydrogen-bond donors (Lipinski definition) is 1. The van der Waals surface area contributed by atoms with Crippen LogP contribution >= 0.6 is 0 Å². The summed E-state index contributed by atoms with van der Waals surface area (Å²) >= 11 is 0. The highest BCUT2D eigenvalue weighted by Gasteiger charge is 2.32. The normalized spacial score (nSPS) is 23.7. The molecule has 2 heterocycles. The van der Waals surface area contributed by atoms with Gasteiger partial charge in [-0.05, 0) is 48.7 Å². The Morgan fingerprint density at radius 3 is 2.69 bits per heavy atom. The molecule has 26 heavy (non-hydrogen) atoms. The van der Waals surface area contributed by atoms with Crippen LogP contribution in [0.3, 0.4) is 0 Å². The van der Waals surface area contributed by atoms with Crippen molar-refractivity contribution in [3.8, 4) is 17.2 Å². The minimum absolute atomic E-state index is 0.196. The molecule has 138 valence electrons. The number of ether oxygens (including phenoxy) is 3. The van der Waals surface area contributed by atoms with Crippen LogP contribution in [0.4, 0.5) is 4.39 Å². The lowest BCUT2D eigenvalue weighted by Crippen LogP contribution is -2.38. The second-order valence-electron chi connectivity index (χ2n) is 7.43. The first-order chi connectivity index (χ1) is 12.5. The van der Waals surface area contributed by atoms with Crippen molar-refractivity contribution in [3.63, 3.8) is 0 Å². The fourth-order valence-electron chi connectivity index (χ4n) is 3.74. The molecule has 2 aliphatic rings. The Kier molecular flexibility index (Phi) is 4.49. The maximum Gasteiger partial charge on any atom is 0.246 e. The standard InChI is InChI=1S/C21H24FNO3/c1-21(2)25-19-8-7-17(11-20(19)26-21)24-13-15-12-23-10-9-18(15)14-3-5-16(22)6-4-14/h3-8,11,15,18,23H,9-10,12-13H2,1-2H3/t15-,18-/m0/s1. The maximum atomic E-state index is 13.2. The van der Waals surface area contributed by atoms with Gasteiger partial charge < -0.3 is 19.5 Å². The lowest BCUT2D eigenvalue weighted by molar-refractivity contribution is -0.0431. The highest BCUT2D eigenvalue weighted by atomic mass is 19.1. The van der Waals surface area contributed by atoms with Crippen molar-refractivity contribution in [3.05, 3.63) is 53.8 Å². The minimum Gasteiger partial charge on any atom is -0.493 e. The van der Waals surface area contributed by atoms with Crippen LogP contribution in [0, 0.1) is 11.7 Å². The van der Waals surface area contributed by atoms with Crippen molar-refractivity contribution in [1.82, 2.24) is 5.32 Å². The third-order valence-electron chi connectivity index (χ3n) is 5.00. The molecule has 4 rings (SSSR count). The lowest BCUT2D eigenvalue weighted by atomic mass is 9.81. The van der Waals surface area contributed by atoms with Crippen molar-refractivity contribution in [2.24, 2.45) is 5.92 Å². The third-order valence-corrected chi connectivity index (χ3v) is 5.00. The fraction of sp³-hybridized carbons (Fsp3) is 0.429. The molecular formula is C21H24FNO3. The molecule has 0 aliphatic carbocycles. The van der Waals surface area contributed by atoms with Crippen molar-refractivity contribution >= 4 is 0 Å². The predicted molar refractivity (Wildman–Crippen MR) is 97.4 cm³/mol. The molecule has 2 aromatic rings. The molecule has 1 fully saturated rings. The zero-order valence-corrected chi connectivity index (χ0v) is 15.1. The number of rotatable bonds is 4. The summed E-state index contributed by atoms with van der Waals surface area (Å²) in [5, 5.41) is 3.44. The first-order valence-corrected chi connectivity index (χ1v) is 9.11. The van der Waals surface area contributed by atoms with E-state index in [0.717, 1.165) is 31.0 Å². The van der Waals surface area contributed by atoms with Crippen LogP contribution in [0.15, 0.2) is 42.5 Å². The van der Waals surface area contributed by atoms with E-state index in [-0.39, 0.29) is 5.82 Å². The zero-order chi connectivity index (χ0) is 18.1. The summed E-state index contributed by atoms with van der Waals surface area (Å²) in [6.07, 6.45) is 1.02. The topological polar surface area (TPSA) is 39.7 Å². The van der Waals surface area contributed by atoms with E-state index in [0.29, 0.717) is 24.2 Å². The Morgan fingerprint density at radius 1 is 1.12 bits per heavy atom. The van der Waals surface area contributed by atoms with Crippen LogP contribution in [-0.2, 0) is 0 Å². The number of piperidine rings is 1. The van der Waals surface area contributed by atoms with Crippen LogP contribution < -0.4 is 19.5 Å². The summed E-state index contributed by atoms with van der Waals surface area (Å²) in [4.78, 5) is 0. The van der Waals surface area contributed by atoms with E-state index >= 15 is 0 Å². The molecule has 0 unspecified atom stereocenters. The average molecular weight is 357 g/mol. The van der Waals surface area contributed by atoms with Crippen LogP contribution in [0.5, 0.6) is 17.2 Å². The van der Waals surface area contributed by atoms with Crippen molar-refractivity contribution in [2.45, 2.75) is 32.0 Å². The Bertz CT molecular complexity index is 775. The summed E-state index contributed by atoms with van der Waals surface area (Å²) in [5.74, 6) is 2.09. The lowest BCUT2D eigenvalue weighted by Gasteiger charge is -2.32. The molecule has 2 aliphatic heterocycles. The molecule has 4 nitrogen and oxygen atoms in total. The van der Waals surface area contributed by atoms with Gasteiger partial charge in [0.2, 0.25) is 5.79 Å². The average Bonchev–Trinajstić information content (AvgIpc) is 2.94. The molecule has 0 radical (unpaired) electrons. The Morgan fingerprint density at radius 2 is 1.88 bits per heavy atom. The largest absolute Gasteiger partial charge is 0.493 e. The molecule has 1 N–H and O–H groups in total. The molecule has 0 saturated carbocycles. The molecule has 5 heteroatoms. The van der Waals surface area contributed by atoms with Gasteiger partial charge in [-0.2, -0.15) is 0 Å². The molecular weight excluding hydrogens is 333 g/mol. The number of benzene rings is 2. The highest BCUT2D eigenvalue weighted by molar-refractivity contribution is 5.48. The molecule has 0 bridgehead atoms. The smallest absolute Gasteiger partial charge is 0.246 e. The van der Waals surface area contributed by atoms with E-state index in [1.165, 1.54) is 17.7 Å². The third kappa shape index (κ3) is 3.63. The van der Waals surface area contributed by atoms with E-state index in [4.69, 9.17) is 14.2 Å². The predicted octanol–water partition coefficient (Wildman–Crippen LogP) is 4.11. The van der Waals surface area contributed by atoms with Gasteiger partial charge in [-0.1, -0.05) is 12.1 Å². The Balaban J connectivity index is 1.44. The molecule has 0 spiro atoms. The van der Waals surface area contributed by atoms with Gasteiger partial charge >= 0.3 is 0 Å². The highest BCUT2D eigenvalue weighted by Crippen LogP contribution is 2.41. The van der Waals surface area contributed by atoms with Crippen LogP contribution in [0.2, 0.25) is 0 Å².